The molecule has 0 aliphatic carbocycles. The van der Waals surface area contributed by atoms with Crippen LogP contribution >= 0.6 is 11.6 Å². The second-order valence-electron chi connectivity index (χ2n) is 8.40. The minimum Gasteiger partial charge on any atom is -0.444 e. The highest BCUT2D eigenvalue weighted by Crippen LogP contribution is 2.43. The summed E-state index contributed by atoms with van der Waals surface area (Å²) in [7, 11) is 0. The van der Waals surface area contributed by atoms with Gasteiger partial charge in [-0.2, -0.15) is 18.4 Å². The molecule has 3 heterocycles. The Kier molecular flexibility index (Phi) is 5.36. The Morgan fingerprint density at radius 1 is 1.20 bits per heavy atom. The third-order valence-corrected chi connectivity index (χ3v) is 6.86. The lowest BCUT2D eigenvalue weighted by atomic mass is 10.1. The number of anilines is 1. The molecule has 0 radical (unpaired) electrons. The number of amides is 4. The third-order valence-electron chi connectivity index (χ3n) is 6.50. The fourth-order valence-corrected chi connectivity index (χ4v) is 5.14. The van der Waals surface area contributed by atoms with Crippen molar-refractivity contribution in [3.05, 3.63) is 64.2 Å². The molecule has 0 saturated carbocycles. The van der Waals surface area contributed by atoms with Crippen molar-refractivity contribution in [1.29, 1.82) is 5.26 Å². The van der Waals surface area contributed by atoms with E-state index in [0.29, 0.717) is 28.0 Å². The van der Waals surface area contributed by atoms with Crippen LogP contribution in [0.1, 0.15) is 23.1 Å². The van der Waals surface area contributed by atoms with Crippen LogP contribution < -0.4 is 4.90 Å². The lowest BCUT2D eigenvalue weighted by Gasteiger charge is -2.34. The van der Waals surface area contributed by atoms with Crippen molar-refractivity contribution in [1.82, 2.24) is 9.80 Å². The molecule has 2 aromatic rings. The lowest BCUT2D eigenvalue weighted by molar-refractivity contribution is -0.137. The molecule has 0 aromatic heterocycles. The minimum atomic E-state index is -4.84. The summed E-state index contributed by atoms with van der Waals surface area (Å²) in [4.78, 5) is 42.4. The standard InChI is InChI=1S/C23H16ClF3N4O4/c24-17-4-2-1-3-13(17)11-35-22(34)29-10-15-8-18(29)19-20(32)31(21(33)30(15)19)14-6-5-12(9-28)16(7-14)23(25,26)27/h1-7,15,18-19H,8,10-11H2/t15-,18?,19+/m1/s1. The van der Waals surface area contributed by atoms with Crippen LogP contribution in [0.3, 0.4) is 0 Å². The van der Waals surface area contributed by atoms with Crippen molar-refractivity contribution in [2.24, 2.45) is 0 Å². The number of alkyl halides is 3. The molecule has 35 heavy (non-hydrogen) atoms. The van der Waals surface area contributed by atoms with Crippen molar-refractivity contribution < 1.29 is 32.3 Å². The number of imide groups is 1. The van der Waals surface area contributed by atoms with Crippen LogP contribution in [0.15, 0.2) is 42.5 Å². The minimum absolute atomic E-state index is 0.0781. The van der Waals surface area contributed by atoms with E-state index in [9.17, 15) is 27.6 Å². The molecule has 5 rings (SSSR count). The Hall–Kier alpha value is -3.78. The number of carbonyl (C=O) groups is 3. The van der Waals surface area contributed by atoms with Crippen molar-refractivity contribution in [3.63, 3.8) is 0 Å². The molecule has 4 amide bonds. The molecule has 3 saturated heterocycles. The van der Waals surface area contributed by atoms with Gasteiger partial charge in [-0.25, -0.2) is 14.5 Å². The van der Waals surface area contributed by atoms with E-state index in [1.54, 1.807) is 24.3 Å². The van der Waals surface area contributed by atoms with Gasteiger partial charge in [-0.15, -0.1) is 0 Å². The fraction of sp³-hybridized carbons (Fsp3) is 0.304. The van der Waals surface area contributed by atoms with E-state index in [1.807, 2.05) is 0 Å². The van der Waals surface area contributed by atoms with E-state index in [-0.39, 0.29) is 18.8 Å². The van der Waals surface area contributed by atoms with Crippen molar-refractivity contribution >= 4 is 35.3 Å². The smallest absolute Gasteiger partial charge is 0.417 e. The molecule has 3 aliphatic heterocycles. The number of hydrogen-bond acceptors (Lipinski definition) is 5. The molecule has 2 aromatic carbocycles. The molecular weight excluding hydrogens is 489 g/mol. The number of fused-ring (bicyclic) bond motifs is 5. The van der Waals surface area contributed by atoms with E-state index >= 15 is 0 Å². The number of hydrogen-bond donors (Lipinski definition) is 0. The Morgan fingerprint density at radius 2 is 1.94 bits per heavy atom. The average Bonchev–Trinajstić information content (AvgIpc) is 3.48. The van der Waals surface area contributed by atoms with Gasteiger partial charge in [0.1, 0.15) is 12.6 Å². The summed E-state index contributed by atoms with van der Waals surface area (Å²) in [5.41, 5.74) is -1.53. The van der Waals surface area contributed by atoms with Crippen molar-refractivity contribution in [2.75, 3.05) is 11.4 Å². The maximum Gasteiger partial charge on any atom is 0.417 e. The molecule has 8 nitrogen and oxygen atoms in total. The van der Waals surface area contributed by atoms with Gasteiger partial charge in [-0.3, -0.25) is 4.79 Å². The Labute approximate surface area is 202 Å². The normalized spacial score (nSPS) is 23.1. The topological polar surface area (TPSA) is 93.9 Å². The van der Waals surface area contributed by atoms with Gasteiger partial charge in [-0.1, -0.05) is 29.8 Å². The van der Waals surface area contributed by atoms with Gasteiger partial charge < -0.3 is 14.5 Å². The van der Waals surface area contributed by atoms with Crippen LogP contribution in [0.25, 0.3) is 0 Å². The van der Waals surface area contributed by atoms with Gasteiger partial charge in [0.2, 0.25) is 0 Å². The first kappa shape index (κ1) is 23.0. The van der Waals surface area contributed by atoms with Gasteiger partial charge in [0, 0.05) is 17.1 Å². The number of urea groups is 1. The van der Waals surface area contributed by atoms with Crippen LogP contribution in [0, 0.1) is 11.3 Å². The number of rotatable bonds is 3. The van der Waals surface area contributed by atoms with Crippen LogP contribution in [0.2, 0.25) is 5.02 Å². The van der Waals surface area contributed by atoms with Gasteiger partial charge in [-0.05, 0) is 30.7 Å². The molecule has 0 spiro atoms. The summed E-state index contributed by atoms with van der Waals surface area (Å²) in [6.07, 6.45) is -5.16. The monoisotopic (exact) mass is 504 g/mol. The highest BCUT2D eigenvalue weighted by Gasteiger charge is 2.63. The van der Waals surface area contributed by atoms with E-state index in [4.69, 9.17) is 21.6 Å². The molecule has 1 unspecified atom stereocenters. The molecule has 180 valence electrons. The lowest BCUT2D eigenvalue weighted by Crippen LogP contribution is -2.54. The summed E-state index contributed by atoms with van der Waals surface area (Å²) >= 11 is 6.08. The first-order chi connectivity index (χ1) is 16.6. The van der Waals surface area contributed by atoms with E-state index in [1.165, 1.54) is 15.9 Å². The third kappa shape index (κ3) is 3.65. The zero-order valence-electron chi connectivity index (χ0n) is 17.8. The highest BCUT2D eigenvalue weighted by molar-refractivity contribution is 6.31. The maximum atomic E-state index is 13.4. The number of nitriles is 1. The Morgan fingerprint density at radius 3 is 2.63 bits per heavy atom. The van der Waals surface area contributed by atoms with E-state index in [0.717, 1.165) is 12.1 Å². The van der Waals surface area contributed by atoms with Crippen LogP contribution in [-0.4, -0.2) is 52.5 Å². The average molecular weight is 505 g/mol. The Bertz CT molecular complexity index is 1290. The van der Waals surface area contributed by atoms with Gasteiger partial charge in [0.15, 0.2) is 0 Å². The molecule has 3 aliphatic rings. The summed E-state index contributed by atoms with van der Waals surface area (Å²) in [6.45, 7) is 0.0573. The van der Waals surface area contributed by atoms with Gasteiger partial charge in [0.05, 0.1) is 35.0 Å². The van der Waals surface area contributed by atoms with Gasteiger partial charge >= 0.3 is 18.3 Å². The first-order valence-corrected chi connectivity index (χ1v) is 10.9. The number of halogens is 4. The zero-order valence-corrected chi connectivity index (χ0v) is 18.6. The SMILES string of the molecule is N#Cc1ccc(N2C(=O)[C@@H]3C4C[C@H](CN4C(=O)OCc4ccccc4Cl)N3C2=O)cc1C(F)(F)F. The second-order valence-corrected chi connectivity index (χ2v) is 8.81. The molecule has 2 bridgehead atoms. The van der Waals surface area contributed by atoms with E-state index < -0.39 is 53.5 Å². The Balaban J connectivity index is 1.36. The first-order valence-electron chi connectivity index (χ1n) is 10.6. The number of ether oxygens (including phenoxy) is 1. The second kappa shape index (κ2) is 8.16. The summed E-state index contributed by atoms with van der Waals surface area (Å²) in [5, 5.41) is 9.43. The van der Waals surface area contributed by atoms with Crippen molar-refractivity contribution in [2.45, 2.75) is 37.3 Å². The number of nitrogens with zero attached hydrogens (tertiary/aromatic N) is 4. The molecule has 12 heteroatoms. The molecule has 0 N–H and O–H groups in total. The summed E-state index contributed by atoms with van der Waals surface area (Å²) in [5.74, 6) is -0.732. The number of likely N-dealkylation sites (tertiary alicyclic amines) is 1. The van der Waals surface area contributed by atoms with Crippen LogP contribution in [0.4, 0.5) is 28.4 Å². The quantitative estimate of drug-likeness (QED) is 0.585. The van der Waals surface area contributed by atoms with Crippen LogP contribution in [0.5, 0.6) is 0 Å². The predicted octanol–water partition coefficient (Wildman–Crippen LogP) is 4.16. The number of piperazine rings is 1. The highest BCUT2D eigenvalue weighted by atomic mass is 35.5. The fourth-order valence-electron chi connectivity index (χ4n) is 4.95. The number of carbonyl (C=O) groups excluding carboxylic acids is 3. The molecule has 3 fully saturated rings. The summed E-state index contributed by atoms with van der Waals surface area (Å²) in [6, 6.07) is 8.06. The van der Waals surface area contributed by atoms with E-state index in [2.05, 4.69) is 0 Å². The molecule has 3 atom stereocenters. The predicted molar refractivity (Wildman–Crippen MR) is 115 cm³/mol. The van der Waals surface area contributed by atoms with Crippen LogP contribution in [-0.2, 0) is 22.3 Å². The summed E-state index contributed by atoms with van der Waals surface area (Å²) < 4.78 is 45.6. The van der Waals surface area contributed by atoms with Crippen molar-refractivity contribution in [3.8, 4) is 6.07 Å². The molecular formula is C23H16ClF3N4O4. The van der Waals surface area contributed by atoms with Gasteiger partial charge in [0.25, 0.3) is 5.91 Å². The largest absolute Gasteiger partial charge is 0.444 e. The number of benzene rings is 2. The zero-order chi connectivity index (χ0) is 25.1. The maximum absolute atomic E-state index is 13.4.